The van der Waals surface area contributed by atoms with E-state index in [1.807, 2.05) is 0 Å². The Labute approximate surface area is 121 Å². The van der Waals surface area contributed by atoms with E-state index in [1.165, 1.54) is 18.2 Å². The zero-order chi connectivity index (χ0) is 9.19. The van der Waals surface area contributed by atoms with Crippen molar-refractivity contribution in [2.75, 3.05) is 0 Å². The molecule has 1 aromatic carbocycles. The molecule has 5 heteroatoms. The van der Waals surface area contributed by atoms with E-state index in [2.05, 4.69) is 6.58 Å². The van der Waals surface area contributed by atoms with Crippen LogP contribution in [-0.2, 0) is 10.1 Å². The molecule has 0 amide bonds. The van der Waals surface area contributed by atoms with Gasteiger partial charge in [-0.2, -0.15) is 8.42 Å². The van der Waals surface area contributed by atoms with Crippen LogP contribution in [0.4, 0.5) is 0 Å². The topological polar surface area (TPSA) is 54.4 Å². The first-order chi connectivity index (χ1) is 5.55. The van der Waals surface area contributed by atoms with Crippen LogP contribution in [0.5, 0.6) is 0 Å². The van der Waals surface area contributed by atoms with Crippen molar-refractivity contribution in [2.45, 2.75) is 4.90 Å². The summed E-state index contributed by atoms with van der Waals surface area (Å²) in [6, 6.07) is 6.10. The quantitative estimate of drug-likeness (QED) is 0.661. The fourth-order valence-electron chi connectivity index (χ4n) is 0.884. The second-order valence-corrected chi connectivity index (χ2v) is 3.61. The Hall–Kier alpha value is 0.441. The Kier molecular flexibility index (Phi) is 5.54. The maximum Gasteiger partial charge on any atom is 2.00 e. The third-order valence-corrected chi connectivity index (χ3v) is 2.34. The van der Waals surface area contributed by atoms with Crippen molar-refractivity contribution in [3.8, 4) is 0 Å². The molecule has 68 valence electrons. The first-order valence-electron chi connectivity index (χ1n) is 3.24. The minimum atomic E-state index is -4.12. The van der Waals surface area contributed by atoms with Crippen molar-refractivity contribution in [3.63, 3.8) is 0 Å². The molecule has 0 fully saturated rings. The van der Waals surface area contributed by atoms with Gasteiger partial charge in [0, 0.05) is 0 Å². The van der Waals surface area contributed by atoms with Crippen molar-refractivity contribution in [1.82, 2.24) is 0 Å². The summed E-state index contributed by atoms with van der Waals surface area (Å²) < 4.78 is 30.2. The maximum absolute atomic E-state index is 10.7. The second kappa shape index (κ2) is 5.35. The molecular formula is C8H10BaO3S. The number of hydrogen-bond donors (Lipinski definition) is 1. The van der Waals surface area contributed by atoms with Crippen molar-refractivity contribution in [2.24, 2.45) is 0 Å². The summed E-state index contributed by atoms with van der Waals surface area (Å²) in [6.07, 6.45) is 1.38. The summed E-state index contributed by atoms with van der Waals surface area (Å²) in [7, 11) is -4.12. The largest absolute Gasteiger partial charge is 2.00 e. The molecular weight excluding hydrogens is 313 g/mol. The molecule has 0 unspecified atom stereocenters. The van der Waals surface area contributed by atoms with Gasteiger partial charge in [0.15, 0.2) is 0 Å². The minimum absolute atomic E-state index is 0. The summed E-state index contributed by atoms with van der Waals surface area (Å²) >= 11 is 0. The first-order valence-corrected chi connectivity index (χ1v) is 4.68. The van der Waals surface area contributed by atoms with Crippen LogP contribution >= 0.6 is 0 Å². The van der Waals surface area contributed by atoms with Crippen LogP contribution in [0.1, 0.15) is 8.42 Å². The van der Waals surface area contributed by atoms with Gasteiger partial charge in [-0.25, -0.2) is 0 Å². The van der Waals surface area contributed by atoms with E-state index < -0.39 is 10.1 Å². The molecule has 1 rings (SSSR count). The van der Waals surface area contributed by atoms with Crippen molar-refractivity contribution in [3.05, 3.63) is 36.4 Å². The molecule has 0 aliphatic carbocycles. The zero-order valence-electron chi connectivity index (χ0n) is 8.97. The van der Waals surface area contributed by atoms with E-state index in [-0.39, 0.29) is 56.6 Å². The molecule has 1 N–H and O–H groups in total. The van der Waals surface area contributed by atoms with Gasteiger partial charge in [-0.3, -0.25) is 4.55 Å². The summed E-state index contributed by atoms with van der Waals surface area (Å²) in [5.74, 6) is 0. The van der Waals surface area contributed by atoms with E-state index in [0.717, 1.165) is 0 Å². The summed E-state index contributed by atoms with van der Waals surface area (Å²) in [5.41, 5.74) is 0.403. The first kappa shape index (κ1) is 13.4. The Balaban J connectivity index is -0.000000480. The monoisotopic (exact) mass is 324 g/mol. The van der Waals surface area contributed by atoms with E-state index in [0.29, 0.717) is 5.56 Å². The van der Waals surface area contributed by atoms with Gasteiger partial charge in [0.05, 0.1) is 0 Å². The smallest absolute Gasteiger partial charge is 1.00 e. The normalized spacial score (nSPS) is 10.2. The van der Waals surface area contributed by atoms with Gasteiger partial charge in [-0.05, 0) is 11.6 Å². The molecule has 0 aliphatic heterocycles. The molecule has 3 nitrogen and oxygen atoms in total. The summed E-state index contributed by atoms with van der Waals surface area (Å²) in [4.78, 5) is -0.111. The fraction of sp³-hybridized carbons (Fsp3) is 0. The summed E-state index contributed by atoms with van der Waals surface area (Å²) in [5, 5.41) is 0. The van der Waals surface area contributed by atoms with Crippen molar-refractivity contribution in [1.29, 1.82) is 0 Å². The number of hydrogen-bond acceptors (Lipinski definition) is 2. The van der Waals surface area contributed by atoms with Crippen molar-refractivity contribution >= 4 is 65.1 Å². The van der Waals surface area contributed by atoms with Gasteiger partial charge < -0.3 is 2.85 Å². The van der Waals surface area contributed by atoms with Gasteiger partial charge in [0.2, 0.25) is 0 Å². The van der Waals surface area contributed by atoms with Crippen molar-refractivity contribution < 1.29 is 15.8 Å². The Morgan fingerprint density at radius 2 is 1.92 bits per heavy atom. The number of rotatable bonds is 2. The van der Waals surface area contributed by atoms with Gasteiger partial charge in [0.1, 0.15) is 4.90 Å². The Morgan fingerprint density at radius 3 is 2.31 bits per heavy atom. The standard InChI is InChI=1S/C8H8O3S.Ba.2H/c1-2-7-5-3-4-6-8(7)12(9,10)11;;;/h2-6H,1H2,(H,9,10,11);;;/q;+2;2*-1. The third kappa shape index (κ3) is 3.59. The van der Waals surface area contributed by atoms with E-state index in [1.54, 1.807) is 12.1 Å². The predicted octanol–water partition coefficient (Wildman–Crippen LogP) is 1.42. The van der Waals surface area contributed by atoms with Gasteiger partial charge >= 0.3 is 48.9 Å². The molecule has 0 atom stereocenters. The molecule has 0 spiro atoms. The van der Waals surface area contributed by atoms with Crippen LogP contribution < -0.4 is 0 Å². The molecule has 13 heavy (non-hydrogen) atoms. The van der Waals surface area contributed by atoms with Crippen LogP contribution in [-0.4, -0.2) is 61.9 Å². The predicted molar refractivity (Wildman–Crippen MR) is 54.3 cm³/mol. The SMILES string of the molecule is C=Cc1ccccc1S(=O)(=O)O.[Ba+2].[H-].[H-]. The van der Waals surface area contributed by atoms with Crippen LogP contribution in [0.25, 0.3) is 6.08 Å². The summed E-state index contributed by atoms with van der Waals surface area (Å²) in [6.45, 7) is 3.43. The second-order valence-electron chi connectivity index (χ2n) is 2.22. The molecule has 0 saturated carbocycles. The van der Waals surface area contributed by atoms with Gasteiger partial charge in [-0.15, -0.1) is 0 Å². The van der Waals surface area contributed by atoms with Gasteiger partial charge in [-0.1, -0.05) is 30.9 Å². The Morgan fingerprint density at radius 1 is 1.38 bits per heavy atom. The van der Waals surface area contributed by atoms with E-state index >= 15 is 0 Å². The average molecular weight is 324 g/mol. The number of benzene rings is 1. The minimum Gasteiger partial charge on any atom is -1.00 e. The molecule has 0 heterocycles. The molecule has 0 aliphatic rings. The van der Waals surface area contributed by atoms with Gasteiger partial charge in [0.25, 0.3) is 10.1 Å². The van der Waals surface area contributed by atoms with E-state index in [4.69, 9.17) is 4.55 Å². The van der Waals surface area contributed by atoms with Crippen LogP contribution in [0.3, 0.4) is 0 Å². The molecule has 0 saturated heterocycles. The van der Waals surface area contributed by atoms with Crippen LogP contribution in [0, 0.1) is 0 Å². The average Bonchev–Trinajstić information content (AvgIpc) is 2.03. The fourth-order valence-corrected chi connectivity index (χ4v) is 1.58. The van der Waals surface area contributed by atoms with Crippen LogP contribution in [0.2, 0.25) is 0 Å². The zero-order valence-corrected chi connectivity index (χ0v) is 12.2. The Bertz CT molecular complexity index is 406. The molecule has 0 radical (unpaired) electrons. The van der Waals surface area contributed by atoms with Crippen LogP contribution in [0.15, 0.2) is 35.7 Å². The molecule has 0 bridgehead atoms. The third-order valence-electron chi connectivity index (χ3n) is 1.42. The molecule has 1 aromatic rings. The van der Waals surface area contributed by atoms with E-state index in [9.17, 15) is 8.42 Å². The molecule has 0 aromatic heterocycles. The maximum atomic E-state index is 10.7.